The third kappa shape index (κ3) is 3.29. The van der Waals surface area contributed by atoms with Crippen LogP contribution in [-0.2, 0) is 6.42 Å². The molecule has 1 nitrogen and oxygen atoms in total. The fourth-order valence-electron chi connectivity index (χ4n) is 3.00. The summed E-state index contributed by atoms with van der Waals surface area (Å²) < 4.78 is 0. The summed E-state index contributed by atoms with van der Waals surface area (Å²) in [4.78, 5) is 0. The first kappa shape index (κ1) is 15.4. The van der Waals surface area contributed by atoms with Crippen molar-refractivity contribution in [1.82, 2.24) is 0 Å². The zero-order valence-electron chi connectivity index (χ0n) is 13.7. The summed E-state index contributed by atoms with van der Waals surface area (Å²) >= 11 is 0. The van der Waals surface area contributed by atoms with Gasteiger partial charge in [-0.1, -0.05) is 86.6 Å². The highest BCUT2D eigenvalue weighted by atomic mass is 16.3. The summed E-state index contributed by atoms with van der Waals surface area (Å²) in [5, 5.41) is 10.9. The molecule has 0 saturated carbocycles. The monoisotopic (exact) mass is 302 g/mol. The van der Waals surface area contributed by atoms with Gasteiger partial charge in [-0.05, 0) is 34.6 Å². The molecule has 0 spiro atoms. The minimum Gasteiger partial charge on any atom is -0.507 e. The number of aromatic hydroxyl groups is 1. The predicted octanol–water partition coefficient (Wildman–Crippen LogP) is 5.77. The molecule has 0 bridgehead atoms. The van der Waals surface area contributed by atoms with Gasteiger partial charge in [0.15, 0.2) is 0 Å². The minimum atomic E-state index is 0.295. The van der Waals surface area contributed by atoms with Crippen molar-refractivity contribution in [2.45, 2.75) is 26.2 Å². The number of phenols is 1. The van der Waals surface area contributed by atoms with Gasteiger partial charge >= 0.3 is 0 Å². The van der Waals surface area contributed by atoms with E-state index in [1.165, 1.54) is 5.56 Å². The molecule has 0 unspecified atom stereocenters. The maximum Gasteiger partial charge on any atom is 0.127 e. The Morgan fingerprint density at radius 3 is 2.00 bits per heavy atom. The van der Waals surface area contributed by atoms with E-state index in [0.717, 1.165) is 28.7 Å². The van der Waals surface area contributed by atoms with Crippen LogP contribution < -0.4 is 0 Å². The number of hydrogen-bond acceptors (Lipinski definition) is 1. The first-order chi connectivity index (χ1) is 11.2. The first-order valence-electron chi connectivity index (χ1n) is 8.11. The van der Waals surface area contributed by atoms with Crippen molar-refractivity contribution >= 4 is 0 Å². The van der Waals surface area contributed by atoms with Gasteiger partial charge in [0.25, 0.3) is 0 Å². The van der Waals surface area contributed by atoms with Gasteiger partial charge in [0.05, 0.1) is 0 Å². The van der Waals surface area contributed by atoms with E-state index in [-0.39, 0.29) is 0 Å². The van der Waals surface area contributed by atoms with Crippen LogP contribution in [0.2, 0.25) is 0 Å². The SMILES string of the molecule is CC(C)c1ccc(Cc2ccccc2)c(-c2ccccc2)c1O. The Labute approximate surface area is 138 Å². The molecule has 0 aliphatic carbocycles. The number of benzene rings is 3. The van der Waals surface area contributed by atoms with Crippen molar-refractivity contribution in [3.05, 3.63) is 89.5 Å². The van der Waals surface area contributed by atoms with E-state index in [9.17, 15) is 5.11 Å². The summed E-state index contributed by atoms with van der Waals surface area (Å²) in [5.74, 6) is 0.711. The zero-order chi connectivity index (χ0) is 16.2. The molecule has 0 aromatic heterocycles. The van der Waals surface area contributed by atoms with Crippen LogP contribution in [-0.4, -0.2) is 5.11 Å². The van der Waals surface area contributed by atoms with Crippen molar-refractivity contribution in [2.75, 3.05) is 0 Å². The lowest BCUT2D eigenvalue weighted by Gasteiger charge is -2.17. The molecule has 1 heteroatoms. The topological polar surface area (TPSA) is 20.2 Å². The second kappa shape index (κ2) is 6.70. The van der Waals surface area contributed by atoms with Gasteiger partial charge in [0.1, 0.15) is 5.75 Å². The lowest BCUT2D eigenvalue weighted by molar-refractivity contribution is 0.466. The fourth-order valence-corrected chi connectivity index (χ4v) is 3.00. The predicted molar refractivity (Wildman–Crippen MR) is 96.9 cm³/mol. The molecule has 0 fully saturated rings. The number of rotatable bonds is 4. The molecular weight excluding hydrogens is 280 g/mol. The van der Waals surface area contributed by atoms with E-state index in [4.69, 9.17) is 0 Å². The highest BCUT2D eigenvalue weighted by Crippen LogP contribution is 2.39. The molecular formula is C22H22O. The molecule has 0 radical (unpaired) electrons. The Hall–Kier alpha value is -2.54. The van der Waals surface area contributed by atoms with Crippen LogP contribution in [0.5, 0.6) is 5.75 Å². The minimum absolute atomic E-state index is 0.295. The Bertz CT molecular complexity index is 774. The summed E-state index contributed by atoms with van der Waals surface area (Å²) in [7, 11) is 0. The Morgan fingerprint density at radius 1 is 0.783 bits per heavy atom. The second-order valence-corrected chi connectivity index (χ2v) is 6.22. The van der Waals surface area contributed by atoms with E-state index in [1.807, 2.05) is 24.3 Å². The molecule has 0 aliphatic rings. The second-order valence-electron chi connectivity index (χ2n) is 6.22. The molecule has 0 atom stereocenters. The summed E-state index contributed by atoms with van der Waals surface area (Å²) in [5.41, 5.74) is 5.44. The number of phenolic OH excluding ortho intramolecular Hbond substituents is 1. The van der Waals surface area contributed by atoms with Crippen LogP contribution >= 0.6 is 0 Å². The van der Waals surface area contributed by atoms with Gasteiger partial charge in [-0.15, -0.1) is 0 Å². The van der Waals surface area contributed by atoms with E-state index in [1.54, 1.807) is 0 Å². The molecule has 3 aromatic rings. The highest BCUT2D eigenvalue weighted by Gasteiger charge is 2.16. The summed E-state index contributed by atoms with van der Waals surface area (Å²) in [6.07, 6.45) is 0.816. The summed E-state index contributed by atoms with van der Waals surface area (Å²) in [6.45, 7) is 4.22. The average Bonchev–Trinajstić information content (AvgIpc) is 2.56. The molecule has 23 heavy (non-hydrogen) atoms. The van der Waals surface area contributed by atoms with Crippen LogP contribution in [0.15, 0.2) is 72.8 Å². The number of hydrogen-bond donors (Lipinski definition) is 1. The normalized spacial score (nSPS) is 10.9. The Balaban J connectivity index is 2.14. The Kier molecular flexibility index (Phi) is 4.47. The third-order valence-electron chi connectivity index (χ3n) is 4.22. The molecule has 0 saturated heterocycles. The highest BCUT2D eigenvalue weighted by molar-refractivity contribution is 5.76. The van der Waals surface area contributed by atoms with Crippen LogP contribution in [0.3, 0.4) is 0 Å². The lowest BCUT2D eigenvalue weighted by atomic mass is 9.89. The first-order valence-corrected chi connectivity index (χ1v) is 8.11. The molecule has 3 aromatic carbocycles. The van der Waals surface area contributed by atoms with Gasteiger partial charge < -0.3 is 5.11 Å². The van der Waals surface area contributed by atoms with Crippen LogP contribution in [0, 0.1) is 0 Å². The molecule has 0 amide bonds. The van der Waals surface area contributed by atoms with Crippen LogP contribution in [0.4, 0.5) is 0 Å². The molecule has 116 valence electrons. The van der Waals surface area contributed by atoms with Crippen molar-refractivity contribution in [1.29, 1.82) is 0 Å². The maximum atomic E-state index is 10.9. The lowest BCUT2D eigenvalue weighted by Crippen LogP contribution is -1.97. The standard InChI is InChI=1S/C22H22O/c1-16(2)20-14-13-19(15-17-9-5-3-6-10-17)21(22(20)23)18-11-7-4-8-12-18/h3-14,16,23H,15H2,1-2H3. The Morgan fingerprint density at radius 2 is 1.39 bits per heavy atom. The van der Waals surface area contributed by atoms with Gasteiger partial charge in [0, 0.05) is 5.56 Å². The van der Waals surface area contributed by atoms with E-state index in [2.05, 4.69) is 62.4 Å². The summed E-state index contributed by atoms with van der Waals surface area (Å²) in [6, 6.07) is 24.8. The molecule has 3 rings (SSSR count). The zero-order valence-corrected chi connectivity index (χ0v) is 13.7. The quantitative estimate of drug-likeness (QED) is 0.648. The van der Waals surface area contributed by atoms with Crippen molar-refractivity contribution in [3.8, 4) is 16.9 Å². The van der Waals surface area contributed by atoms with E-state index in [0.29, 0.717) is 11.7 Å². The van der Waals surface area contributed by atoms with Crippen LogP contribution in [0.25, 0.3) is 11.1 Å². The molecule has 0 aliphatic heterocycles. The van der Waals surface area contributed by atoms with Crippen molar-refractivity contribution < 1.29 is 5.11 Å². The van der Waals surface area contributed by atoms with E-state index >= 15 is 0 Å². The maximum absolute atomic E-state index is 10.9. The van der Waals surface area contributed by atoms with E-state index < -0.39 is 0 Å². The van der Waals surface area contributed by atoms with Crippen LogP contribution in [0.1, 0.15) is 36.5 Å². The van der Waals surface area contributed by atoms with Gasteiger partial charge in [-0.25, -0.2) is 0 Å². The van der Waals surface area contributed by atoms with Gasteiger partial charge in [-0.2, -0.15) is 0 Å². The largest absolute Gasteiger partial charge is 0.507 e. The van der Waals surface area contributed by atoms with Gasteiger partial charge in [0.2, 0.25) is 0 Å². The van der Waals surface area contributed by atoms with Crippen molar-refractivity contribution in [3.63, 3.8) is 0 Å². The fraction of sp³-hybridized carbons (Fsp3) is 0.182. The third-order valence-corrected chi connectivity index (χ3v) is 4.22. The molecule has 1 N–H and O–H groups in total. The van der Waals surface area contributed by atoms with Gasteiger partial charge in [-0.3, -0.25) is 0 Å². The molecule has 0 heterocycles. The van der Waals surface area contributed by atoms with Crippen molar-refractivity contribution in [2.24, 2.45) is 0 Å². The smallest absolute Gasteiger partial charge is 0.127 e. The average molecular weight is 302 g/mol.